The van der Waals surface area contributed by atoms with Crippen molar-refractivity contribution in [3.63, 3.8) is 0 Å². The van der Waals surface area contributed by atoms with Crippen molar-refractivity contribution >= 4 is 46.4 Å². The summed E-state index contributed by atoms with van der Waals surface area (Å²) >= 11 is 17.8. The summed E-state index contributed by atoms with van der Waals surface area (Å²) in [4.78, 5) is 12.2. The molecule has 1 aromatic heterocycles. The molecular weight excluding hydrogens is 309 g/mol. The molecule has 0 saturated carbocycles. The van der Waals surface area contributed by atoms with Crippen LogP contribution in [0.2, 0.25) is 15.1 Å². The molecule has 1 aromatic carbocycles. The molecule has 0 unspecified atom stereocenters. The van der Waals surface area contributed by atoms with Gasteiger partial charge in [0.1, 0.15) is 5.69 Å². The highest BCUT2D eigenvalue weighted by molar-refractivity contribution is 6.44. The minimum absolute atomic E-state index is 0.288. The van der Waals surface area contributed by atoms with Gasteiger partial charge in [-0.15, -0.1) is 0 Å². The van der Waals surface area contributed by atoms with Crippen molar-refractivity contribution in [3.05, 3.63) is 45.2 Å². The van der Waals surface area contributed by atoms with E-state index in [0.29, 0.717) is 22.9 Å². The normalized spacial score (nSPS) is 10.5. The maximum absolute atomic E-state index is 12.2. The minimum atomic E-state index is -0.381. The quantitative estimate of drug-likeness (QED) is 0.925. The first-order chi connectivity index (χ1) is 9.04. The second-order valence-electron chi connectivity index (χ2n) is 3.71. The van der Waals surface area contributed by atoms with Gasteiger partial charge in [-0.3, -0.25) is 9.48 Å². The van der Waals surface area contributed by atoms with Crippen LogP contribution in [0, 0.1) is 0 Å². The van der Waals surface area contributed by atoms with Crippen LogP contribution in [0.4, 0.5) is 5.69 Å². The van der Waals surface area contributed by atoms with E-state index in [1.165, 1.54) is 10.9 Å². The van der Waals surface area contributed by atoms with Gasteiger partial charge in [-0.1, -0.05) is 40.9 Å². The molecule has 0 aliphatic carbocycles. The van der Waals surface area contributed by atoms with Crippen LogP contribution in [-0.2, 0) is 6.54 Å². The Bertz CT molecular complexity index is 625. The molecule has 19 heavy (non-hydrogen) atoms. The molecule has 0 atom stereocenters. The van der Waals surface area contributed by atoms with E-state index in [0.717, 1.165) is 0 Å². The second-order valence-corrected chi connectivity index (χ2v) is 4.90. The predicted molar refractivity (Wildman–Crippen MR) is 77.3 cm³/mol. The Kier molecular flexibility index (Phi) is 4.34. The topological polar surface area (TPSA) is 46.9 Å². The number of aromatic nitrogens is 2. The lowest BCUT2D eigenvalue weighted by Crippen LogP contribution is -2.18. The SMILES string of the molecule is CCn1ncc(Cl)c1C(=O)Nc1cccc(Cl)c1Cl. The summed E-state index contributed by atoms with van der Waals surface area (Å²) < 4.78 is 1.51. The third-order valence-corrected chi connectivity index (χ3v) is 3.60. The van der Waals surface area contributed by atoms with Crippen molar-refractivity contribution in [1.82, 2.24) is 9.78 Å². The summed E-state index contributed by atoms with van der Waals surface area (Å²) in [6.07, 6.45) is 1.43. The number of anilines is 1. The fourth-order valence-electron chi connectivity index (χ4n) is 1.61. The Morgan fingerprint density at radius 1 is 1.32 bits per heavy atom. The number of rotatable bonds is 3. The number of aryl methyl sites for hydroxylation is 1. The van der Waals surface area contributed by atoms with Crippen LogP contribution in [-0.4, -0.2) is 15.7 Å². The van der Waals surface area contributed by atoms with Crippen molar-refractivity contribution < 1.29 is 4.79 Å². The van der Waals surface area contributed by atoms with Gasteiger partial charge in [-0.25, -0.2) is 0 Å². The monoisotopic (exact) mass is 317 g/mol. The van der Waals surface area contributed by atoms with Crippen molar-refractivity contribution in [2.75, 3.05) is 5.32 Å². The van der Waals surface area contributed by atoms with E-state index in [-0.39, 0.29) is 16.0 Å². The van der Waals surface area contributed by atoms with Crippen LogP contribution in [0.15, 0.2) is 24.4 Å². The number of carbonyl (C=O) groups excluding carboxylic acids is 1. The van der Waals surface area contributed by atoms with Crippen molar-refractivity contribution in [2.45, 2.75) is 13.5 Å². The molecule has 1 N–H and O–H groups in total. The van der Waals surface area contributed by atoms with Gasteiger partial charge in [-0.2, -0.15) is 5.10 Å². The Hall–Kier alpha value is -1.23. The minimum Gasteiger partial charge on any atom is -0.319 e. The van der Waals surface area contributed by atoms with Gasteiger partial charge in [0.2, 0.25) is 0 Å². The summed E-state index contributed by atoms with van der Waals surface area (Å²) in [5.41, 5.74) is 0.722. The molecule has 2 rings (SSSR count). The summed E-state index contributed by atoms with van der Waals surface area (Å²) in [6.45, 7) is 2.41. The molecule has 100 valence electrons. The fraction of sp³-hybridized carbons (Fsp3) is 0.167. The van der Waals surface area contributed by atoms with Gasteiger partial charge in [0, 0.05) is 6.54 Å². The summed E-state index contributed by atoms with van der Waals surface area (Å²) in [7, 11) is 0. The number of amides is 1. The van der Waals surface area contributed by atoms with Crippen molar-refractivity contribution in [2.24, 2.45) is 0 Å². The average Bonchev–Trinajstić information content (AvgIpc) is 2.76. The van der Waals surface area contributed by atoms with Gasteiger partial charge >= 0.3 is 0 Å². The number of nitrogens with zero attached hydrogens (tertiary/aromatic N) is 2. The van der Waals surface area contributed by atoms with Crippen LogP contribution in [0.3, 0.4) is 0 Å². The Morgan fingerprint density at radius 2 is 2.05 bits per heavy atom. The van der Waals surface area contributed by atoms with Gasteiger partial charge in [0.15, 0.2) is 0 Å². The number of benzene rings is 1. The Labute approximate surface area is 125 Å². The van der Waals surface area contributed by atoms with Crippen LogP contribution in [0.1, 0.15) is 17.4 Å². The standard InChI is InChI=1S/C12H10Cl3N3O/c1-2-18-11(8(14)6-16-18)12(19)17-9-5-3-4-7(13)10(9)15/h3-6H,2H2,1H3,(H,17,19). The van der Waals surface area contributed by atoms with E-state index in [4.69, 9.17) is 34.8 Å². The maximum Gasteiger partial charge on any atom is 0.275 e. The molecule has 0 radical (unpaired) electrons. The van der Waals surface area contributed by atoms with Gasteiger partial charge in [0.05, 0.1) is 27.0 Å². The zero-order chi connectivity index (χ0) is 14.0. The van der Waals surface area contributed by atoms with E-state index in [1.54, 1.807) is 18.2 Å². The number of hydrogen-bond donors (Lipinski definition) is 1. The van der Waals surface area contributed by atoms with E-state index in [9.17, 15) is 4.79 Å². The lowest BCUT2D eigenvalue weighted by Gasteiger charge is -2.09. The van der Waals surface area contributed by atoms with E-state index in [2.05, 4.69) is 10.4 Å². The number of halogens is 3. The molecule has 2 aromatic rings. The van der Waals surface area contributed by atoms with Crippen LogP contribution < -0.4 is 5.32 Å². The van der Waals surface area contributed by atoms with Crippen LogP contribution in [0.5, 0.6) is 0 Å². The van der Waals surface area contributed by atoms with Crippen LogP contribution >= 0.6 is 34.8 Å². The third kappa shape index (κ3) is 2.86. The number of carbonyl (C=O) groups is 1. The largest absolute Gasteiger partial charge is 0.319 e. The number of nitrogens with one attached hydrogen (secondary N) is 1. The highest BCUT2D eigenvalue weighted by atomic mass is 35.5. The molecule has 0 aliphatic heterocycles. The van der Waals surface area contributed by atoms with Gasteiger partial charge in [-0.05, 0) is 19.1 Å². The first-order valence-corrected chi connectivity index (χ1v) is 6.64. The molecule has 0 fully saturated rings. The zero-order valence-corrected chi connectivity index (χ0v) is 12.2. The number of hydrogen-bond acceptors (Lipinski definition) is 2. The van der Waals surface area contributed by atoms with Crippen molar-refractivity contribution in [1.29, 1.82) is 0 Å². The zero-order valence-electron chi connectivity index (χ0n) is 9.95. The van der Waals surface area contributed by atoms with E-state index in [1.807, 2.05) is 6.92 Å². The molecule has 1 amide bonds. The molecule has 0 saturated heterocycles. The molecular formula is C12H10Cl3N3O. The first kappa shape index (κ1) is 14.2. The highest BCUT2D eigenvalue weighted by Gasteiger charge is 2.18. The molecule has 1 heterocycles. The second kappa shape index (κ2) is 5.82. The van der Waals surface area contributed by atoms with Crippen molar-refractivity contribution in [3.8, 4) is 0 Å². The van der Waals surface area contributed by atoms with E-state index < -0.39 is 0 Å². The van der Waals surface area contributed by atoms with Gasteiger partial charge in [0.25, 0.3) is 5.91 Å². The smallest absolute Gasteiger partial charge is 0.275 e. The van der Waals surface area contributed by atoms with Crippen LogP contribution in [0.25, 0.3) is 0 Å². The fourth-order valence-corrected chi connectivity index (χ4v) is 2.18. The van der Waals surface area contributed by atoms with E-state index >= 15 is 0 Å². The molecule has 0 spiro atoms. The lowest BCUT2D eigenvalue weighted by atomic mass is 10.3. The molecule has 7 heteroatoms. The molecule has 0 aliphatic rings. The van der Waals surface area contributed by atoms with Gasteiger partial charge < -0.3 is 5.32 Å². The molecule has 0 bridgehead atoms. The molecule has 4 nitrogen and oxygen atoms in total. The maximum atomic E-state index is 12.2. The Balaban J connectivity index is 2.31. The first-order valence-electron chi connectivity index (χ1n) is 5.51. The Morgan fingerprint density at radius 3 is 2.74 bits per heavy atom. The highest BCUT2D eigenvalue weighted by Crippen LogP contribution is 2.30. The third-order valence-electron chi connectivity index (χ3n) is 2.51. The summed E-state index contributed by atoms with van der Waals surface area (Å²) in [5, 5.41) is 7.62. The summed E-state index contributed by atoms with van der Waals surface area (Å²) in [6, 6.07) is 5.00. The summed E-state index contributed by atoms with van der Waals surface area (Å²) in [5.74, 6) is -0.381. The predicted octanol–water partition coefficient (Wildman–Crippen LogP) is 4.12. The average molecular weight is 319 g/mol. The lowest BCUT2D eigenvalue weighted by molar-refractivity contribution is 0.101.